The minimum absolute atomic E-state index is 0.0538. The second-order valence-corrected chi connectivity index (χ2v) is 4.50. The van der Waals surface area contributed by atoms with Crippen molar-refractivity contribution in [1.29, 1.82) is 0 Å². The van der Waals surface area contributed by atoms with Crippen LogP contribution in [-0.2, 0) is 17.9 Å². The quantitative estimate of drug-likeness (QED) is 0.747. The molecule has 5 heteroatoms. The van der Waals surface area contributed by atoms with Crippen molar-refractivity contribution in [2.45, 2.75) is 19.3 Å². The van der Waals surface area contributed by atoms with Crippen LogP contribution in [0.1, 0.15) is 27.8 Å². The van der Waals surface area contributed by atoms with Crippen LogP contribution >= 0.6 is 11.3 Å². The molecule has 3 heterocycles. The molecule has 82 valence electrons. The summed E-state index contributed by atoms with van der Waals surface area (Å²) < 4.78 is 7.59. The molecule has 2 aromatic heterocycles. The van der Waals surface area contributed by atoms with Crippen LogP contribution in [0.2, 0.25) is 0 Å². The molecule has 0 saturated heterocycles. The van der Waals surface area contributed by atoms with Gasteiger partial charge in [-0.25, -0.2) is 0 Å². The summed E-state index contributed by atoms with van der Waals surface area (Å²) in [7, 11) is 0. The van der Waals surface area contributed by atoms with Crippen LogP contribution in [0.3, 0.4) is 0 Å². The lowest BCUT2D eigenvalue weighted by Crippen LogP contribution is -2.21. The average molecular weight is 234 g/mol. The molecule has 1 aliphatic heterocycles. The zero-order valence-corrected chi connectivity index (χ0v) is 9.31. The Labute approximate surface area is 96.5 Å². The fourth-order valence-electron chi connectivity index (χ4n) is 1.87. The van der Waals surface area contributed by atoms with Gasteiger partial charge < -0.3 is 4.74 Å². The molecule has 0 aromatic carbocycles. The third-order valence-corrected chi connectivity index (χ3v) is 3.39. The number of hydrogen-bond donors (Lipinski definition) is 0. The summed E-state index contributed by atoms with van der Waals surface area (Å²) in [5.74, 6) is 0. The van der Waals surface area contributed by atoms with Gasteiger partial charge in [0, 0.05) is 0 Å². The summed E-state index contributed by atoms with van der Waals surface area (Å²) in [4.78, 5) is 10.6. The number of rotatable bonds is 2. The topological polar surface area (TPSA) is 44.1 Å². The van der Waals surface area contributed by atoms with Gasteiger partial charge in [-0.3, -0.25) is 9.48 Å². The van der Waals surface area contributed by atoms with Crippen molar-refractivity contribution in [1.82, 2.24) is 9.78 Å². The highest BCUT2D eigenvalue weighted by Crippen LogP contribution is 2.27. The Hall–Kier alpha value is -1.46. The van der Waals surface area contributed by atoms with Gasteiger partial charge in [0.15, 0.2) is 6.29 Å². The number of thiophene rings is 1. The molecule has 3 rings (SSSR count). The number of ether oxygens (including phenoxy) is 1. The molecule has 0 amide bonds. The molecular weight excluding hydrogens is 224 g/mol. The molecule has 2 aromatic rings. The normalized spacial score (nSPS) is 19.4. The van der Waals surface area contributed by atoms with Crippen molar-refractivity contribution >= 4 is 17.6 Å². The predicted octanol–water partition coefficient (Wildman–Crippen LogP) is 2.03. The molecule has 0 aliphatic carbocycles. The number of nitrogens with zero attached hydrogens (tertiary/aromatic N) is 2. The van der Waals surface area contributed by atoms with Crippen LogP contribution in [-0.4, -0.2) is 16.1 Å². The average Bonchev–Trinajstić information content (AvgIpc) is 2.96. The highest BCUT2D eigenvalue weighted by molar-refractivity contribution is 7.07. The van der Waals surface area contributed by atoms with Crippen molar-refractivity contribution in [3.8, 4) is 0 Å². The summed E-state index contributed by atoms with van der Waals surface area (Å²) in [5, 5.41) is 8.32. The van der Waals surface area contributed by atoms with Gasteiger partial charge in [-0.05, 0) is 28.5 Å². The minimum Gasteiger partial charge on any atom is -0.365 e. The first-order valence-corrected chi connectivity index (χ1v) is 5.96. The van der Waals surface area contributed by atoms with Crippen molar-refractivity contribution in [2.24, 2.45) is 0 Å². The molecule has 0 saturated carbocycles. The number of fused-ring (bicyclic) bond motifs is 1. The lowest BCUT2D eigenvalue weighted by atomic mass is 10.2. The molecule has 0 fully saturated rings. The minimum atomic E-state index is 0.0538. The first-order valence-electron chi connectivity index (χ1n) is 5.02. The molecule has 0 spiro atoms. The van der Waals surface area contributed by atoms with E-state index in [0.29, 0.717) is 18.8 Å². The molecule has 0 bridgehead atoms. The third-order valence-electron chi connectivity index (χ3n) is 2.69. The monoisotopic (exact) mass is 234 g/mol. The highest BCUT2D eigenvalue weighted by atomic mass is 32.1. The van der Waals surface area contributed by atoms with E-state index in [2.05, 4.69) is 16.5 Å². The second-order valence-electron chi connectivity index (χ2n) is 3.72. The standard InChI is InChI=1S/C11H10N2O2S/c14-5-9-3-10-6-15-11(4-13(10)12-9)8-1-2-16-7-8/h1-3,5,7,11H,4,6H2/t11-/m0/s1. The van der Waals surface area contributed by atoms with E-state index >= 15 is 0 Å². The molecule has 1 aliphatic rings. The molecule has 1 atom stereocenters. The van der Waals surface area contributed by atoms with Gasteiger partial charge in [0.2, 0.25) is 0 Å². The summed E-state index contributed by atoms with van der Waals surface area (Å²) >= 11 is 1.66. The van der Waals surface area contributed by atoms with Crippen molar-refractivity contribution in [2.75, 3.05) is 0 Å². The van der Waals surface area contributed by atoms with E-state index in [0.717, 1.165) is 12.0 Å². The molecule has 0 N–H and O–H groups in total. The van der Waals surface area contributed by atoms with Crippen LogP contribution < -0.4 is 0 Å². The van der Waals surface area contributed by atoms with Crippen LogP contribution in [0, 0.1) is 0 Å². The first-order chi connectivity index (χ1) is 7.86. The fourth-order valence-corrected chi connectivity index (χ4v) is 2.57. The number of carbonyl (C=O) groups excluding carboxylic acids is 1. The summed E-state index contributed by atoms with van der Waals surface area (Å²) in [5.41, 5.74) is 2.62. The Bertz CT molecular complexity index is 504. The molecule has 0 unspecified atom stereocenters. The van der Waals surface area contributed by atoms with E-state index in [4.69, 9.17) is 4.74 Å². The lowest BCUT2D eigenvalue weighted by molar-refractivity contribution is -0.000928. The van der Waals surface area contributed by atoms with Gasteiger partial charge in [-0.15, -0.1) is 0 Å². The van der Waals surface area contributed by atoms with E-state index in [-0.39, 0.29) is 6.10 Å². The van der Waals surface area contributed by atoms with E-state index in [9.17, 15) is 4.79 Å². The first kappa shape index (κ1) is 9.74. The van der Waals surface area contributed by atoms with Crippen molar-refractivity contribution in [3.63, 3.8) is 0 Å². The van der Waals surface area contributed by atoms with Gasteiger partial charge in [-0.1, -0.05) is 0 Å². The summed E-state index contributed by atoms with van der Waals surface area (Å²) in [6.07, 6.45) is 0.823. The molecule has 0 radical (unpaired) electrons. The number of carbonyl (C=O) groups is 1. The largest absolute Gasteiger partial charge is 0.365 e. The number of aldehydes is 1. The maximum Gasteiger partial charge on any atom is 0.170 e. The van der Waals surface area contributed by atoms with E-state index in [1.807, 2.05) is 10.1 Å². The van der Waals surface area contributed by atoms with E-state index in [1.54, 1.807) is 17.4 Å². The lowest BCUT2D eigenvalue weighted by Gasteiger charge is -2.23. The Kier molecular flexibility index (Phi) is 2.34. The van der Waals surface area contributed by atoms with Gasteiger partial charge >= 0.3 is 0 Å². The summed E-state index contributed by atoms with van der Waals surface area (Å²) in [6.45, 7) is 1.20. The van der Waals surface area contributed by atoms with Crippen LogP contribution in [0.4, 0.5) is 0 Å². The fraction of sp³-hybridized carbons (Fsp3) is 0.273. The maximum absolute atomic E-state index is 10.6. The van der Waals surface area contributed by atoms with E-state index < -0.39 is 0 Å². The Morgan fingerprint density at radius 3 is 3.31 bits per heavy atom. The van der Waals surface area contributed by atoms with Gasteiger partial charge in [-0.2, -0.15) is 16.4 Å². The second kappa shape index (κ2) is 3.84. The zero-order chi connectivity index (χ0) is 11.0. The predicted molar refractivity (Wildman–Crippen MR) is 59.5 cm³/mol. The number of aromatic nitrogens is 2. The maximum atomic E-state index is 10.6. The highest BCUT2D eigenvalue weighted by Gasteiger charge is 2.22. The number of hydrogen-bond acceptors (Lipinski definition) is 4. The molecule has 16 heavy (non-hydrogen) atoms. The van der Waals surface area contributed by atoms with E-state index in [1.165, 1.54) is 5.56 Å². The Morgan fingerprint density at radius 1 is 1.62 bits per heavy atom. The Balaban J connectivity index is 1.88. The zero-order valence-electron chi connectivity index (χ0n) is 8.50. The van der Waals surface area contributed by atoms with Crippen molar-refractivity contribution in [3.05, 3.63) is 39.8 Å². The van der Waals surface area contributed by atoms with Crippen LogP contribution in [0.25, 0.3) is 0 Å². The molecule has 4 nitrogen and oxygen atoms in total. The van der Waals surface area contributed by atoms with Gasteiger partial charge in [0.05, 0.1) is 18.8 Å². The van der Waals surface area contributed by atoms with Gasteiger partial charge in [0.1, 0.15) is 11.8 Å². The Morgan fingerprint density at radius 2 is 2.56 bits per heavy atom. The molecular formula is C11H10N2O2S. The smallest absolute Gasteiger partial charge is 0.170 e. The van der Waals surface area contributed by atoms with Gasteiger partial charge in [0.25, 0.3) is 0 Å². The van der Waals surface area contributed by atoms with Crippen molar-refractivity contribution < 1.29 is 9.53 Å². The summed E-state index contributed by atoms with van der Waals surface area (Å²) in [6, 6.07) is 3.83. The third kappa shape index (κ3) is 1.58. The van der Waals surface area contributed by atoms with Crippen LogP contribution in [0.5, 0.6) is 0 Å². The van der Waals surface area contributed by atoms with Crippen LogP contribution in [0.15, 0.2) is 22.9 Å². The SMILES string of the molecule is O=Cc1cc2n(n1)C[C@@H](c1ccsc1)OC2.